The quantitative estimate of drug-likeness (QED) is 0.463. The number of hydrogen-bond donors (Lipinski definition) is 0. The lowest BCUT2D eigenvalue weighted by Gasteiger charge is -2.10. The van der Waals surface area contributed by atoms with Gasteiger partial charge in [0.2, 0.25) is 0 Å². The third-order valence-electron chi connectivity index (χ3n) is 3.44. The fourth-order valence-electron chi connectivity index (χ4n) is 2.50. The van der Waals surface area contributed by atoms with E-state index in [1.807, 2.05) is 60.7 Å². The van der Waals surface area contributed by atoms with Crippen LogP contribution >= 0.6 is 11.6 Å². The van der Waals surface area contributed by atoms with Gasteiger partial charge >= 0.3 is 0 Å². The second-order valence-corrected chi connectivity index (χ2v) is 4.98. The summed E-state index contributed by atoms with van der Waals surface area (Å²) in [6.45, 7) is 0. The molecule has 0 unspecified atom stereocenters. The van der Waals surface area contributed by atoms with E-state index in [0.717, 1.165) is 27.1 Å². The summed E-state index contributed by atoms with van der Waals surface area (Å²) < 4.78 is 0. The van der Waals surface area contributed by atoms with Crippen molar-refractivity contribution in [3.63, 3.8) is 0 Å². The van der Waals surface area contributed by atoms with E-state index >= 15 is 0 Å². The fourth-order valence-corrected chi connectivity index (χ4v) is 2.83. The van der Waals surface area contributed by atoms with Gasteiger partial charge in [-0.25, -0.2) is 0 Å². The Morgan fingerprint density at radius 1 is 0.810 bits per heavy atom. The summed E-state index contributed by atoms with van der Waals surface area (Å²) in [5, 5.41) is 22.4. The van der Waals surface area contributed by atoms with Crippen LogP contribution < -0.4 is 0 Å². The van der Waals surface area contributed by atoms with Crippen molar-refractivity contribution in [2.75, 3.05) is 0 Å². The van der Waals surface area contributed by atoms with Crippen LogP contribution in [0.3, 0.4) is 0 Å². The van der Waals surface area contributed by atoms with Crippen LogP contribution in [0.15, 0.2) is 54.1 Å². The Labute approximate surface area is 127 Å². The summed E-state index contributed by atoms with van der Waals surface area (Å²) >= 11 is 6.50. The van der Waals surface area contributed by atoms with Crippen molar-refractivity contribution in [3.05, 3.63) is 64.7 Å². The minimum absolute atomic E-state index is 0.0765. The van der Waals surface area contributed by atoms with E-state index in [9.17, 15) is 0 Å². The third-order valence-corrected chi connectivity index (χ3v) is 3.84. The molecule has 0 spiro atoms. The lowest BCUT2D eigenvalue weighted by molar-refractivity contribution is 1.47. The number of nitriles is 2. The number of fused-ring (bicyclic) bond motifs is 2. The molecular formula is C18H9ClN2. The van der Waals surface area contributed by atoms with E-state index in [1.165, 1.54) is 0 Å². The van der Waals surface area contributed by atoms with Crippen molar-refractivity contribution < 1.29 is 0 Å². The van der Waals surface area contributed by atoms with Gasteiger partial charge in [-0.2, -0.15) is 10.5 Å². The van der Waals surface area contributed by atoms with Gasteiger partial charge in [-0.15, -0.1) is 0 Å². The van der Waals surface area contributed by atoms with Crippen LogP contribution in [0, 0.1) is 22.7 Å². The molecular weight excluding hydrogens is 280 g/mol. The summed E-state index contributed by atoms with van der Waals surface area (Å²) in [5.74, 6) is 0. The number of benzene rings is 3. The first-order chi connectivity index (χ1) is 10.3. The maximum Gasteiger partial charge on any atom is 0.130 e. The first-order valence-electron chi connectivity index (χ1n) is 6.37. The van der Waals surface area contributed by atoms with Gasteiger partial charge in [-0.3, -0.25) is 0 Å². The zero-order valence-corrected chi connectivity index (χ0v) is 11.7. The summed E-state index contributed by atoms with van der Waals surface area (Å²) in [7, 11) is 0. The number of rotatable bonds is 1. The number of allylic oxidation sites excluding steroid dienone is 1. The van der Waals surface area contributed by atoms with E-state index in [-0.39, 0.29) is 5.57 Å². The maximum atomic E-state index is 9.02. The Morgan fingerprint density at radius 2 is 1.24 bits per heavy atom. The lowest BCUT2D eigenvalue weighted by atomic mass is 9.95. The molecule has 0 radical (unpaired) electrons. The van der Waals surface area contributed by atoms with Crippen molar-refractivity contribution in [2.24, 2.45) is 0 Å². The van der Waals surface area contributed by atoms with Crippen molar-refractivity contribution in [2.45, 2.75) is 0 Å². The predicted octanol–water partition coefficient (Wildman–Crippen LogP) is 5.08. The summed E-state index contributed by atoms with van der Waals surface area (Å²) in [4.78, 5) is 0. The van der Waals surface area contributed by atoms with Crippen LogP contribution in [0.1, 0.15) is 5.56 Å². The molecule has 0 aromatic heterocycles. The molecule has 0 aliphatic heterocycles. The second kappa shape index (κ2) is 5.29. The minimum atomic E-state index is 0.0765. The molecule has 0 bridgehead atoms. The van der Waals surface area contributed by atoms with Crippen LogP contribution in [0.2, 0.25) is 5.02 Å². The van der Waals surface area contributed by atoms with Gasteiger partial charge in [0.1, 0.15) is 17.7 Å². The van der Waals surface area contributed by atoms with Crippen molar-refractivity contribution in [1.29, 1.82) is 10.5 Å². The van der Waals surface area contributed by atoms with E-state index in [2.05, 4.69) is 0 Å². The van der Waals surface area contributed by atoms with Gasteiger partial charge in [-0.1, -0.05) is 60.1 Å². The van der Waals surface area contributed by atoms with Crippen molar-refractivity contribution >= 4 is 39.2 Å². The molecule has 3 heteroatoms. The molecule has 2 nitrogen and oxygen atoms in total. The smallest absolute Gasteiger partial charge is 0.130 e. The normalized spacial score (nSPS) is 10.0. The van der Waals surface area contributed by atoms with Crippen LogP contribution in [-0.4, -0.2) is 0 Å². The molecule has 0 saturated heterocycles. The Balaban J connectivity index is 2.56. The number of nitrogens with zero attached hydrogens (tertiary/aromatic N) is 2. The van der Waals surface area contributed by atoms with Gasteiger partial charge in [-0.05, 0) is 22.4 Å². The van der Waals surface area contributed by atoms with Gasteiger partial charge < -0.3 is 0 Å². The highest BCUT2D eigenvalue weighted by Gasteiger charge is 2.11. The van der Waals surface area contributed by atoms with E-state index in [4.69, 9.17) is 22.1 Å². The molecule has 98 valence electrons. The maximum absolute atomic E-state index is 9.02. The average Bonchev–Trinajstić information content (AvgIpc) is 2.55. The largest absolute Gasteiger partial charge is 0.192 e. The molecule has 21 heavy (non-hydrogen) atoms. The molecule has 0 aliphatic rings. The zero-order valence-electron chi connectivity index (χ0n) is 11.0. The average molecular weight is 289 g/mol. The number of hydrogen-bond acceptors (Lipinski definition) is 2. The minimum Gasteiger partial charge on any atom is -0.192 e. The third kappa shape index (κ3) is 2.13. The van der Waals surface area contributed by atoms with Gasteiger partial charge in [0.05, 0.1) is 5.02 Å². The number of halogens is 1. The first kappa shape index (κ1) is 13.2. The molecule has 3 aromatic rings. The van der Waals surface area contributed by atoms with E-state index in [0.29, 0.717) is 5.02 Å². The summed E-state index contributed by atoms with van der Waals surface area (Å²) in [5.41, 5.74) is 0.927. The second-order valence-electron chi connectivity index (χ2n) is 4.60. The molecule has 0 fully saturated rings. The van der Waals surface area contributed by atoms with Gasteiger partial charge in [0.25, 0.3) is 0 Å². The standard InChI is InChI=1S/C18H9ClN2/c19-18-15-7-3-1-5-13(15)17(9-12(10-20)11-21)14-6-2-4-8-16(14)18/h1-9H. The summed E-state index contributed by atoms with van der Waals surface area (Å²) in [6, 6.07) is 19.3. The zero-order chi connectivity index (χ0) is 14.8. The van der Waals surface area contributed by atoms with Crippen LogP contribution in [0.4, 0.5) is 0 Å². The highest BCUT2D eigenvalue weighted by atomic mass is 35.5. The van der Waals surface area contributed by atoms with Gasteiger partial charge in [0, 0.05) is 10.8 Å². The molecule has 0 N–H and O–H groups in total. The van der Waals surface area contributed by atoms with Crippen LogP contribution in [0.5, 0.6) is 0 Å². The molecule has 3 aromatic carbocycles. The monoisotopic (exact) mass is 288 g/mol. The predicted molar refractivity (Wildman–Crippen MR) is 85.7 cm³/mol. The topological polar surface area (TPSA) is 47.6 Å². The van der Waals surface area contributed by atoms with E-state index in [1.54, 1.807) is 6.08 Å². The van der Waals surface area contributed by atoms with Crippen molar-refractivity contribution in [3.8, 4) is 12.1 Å². The van der Waals surface area contributed by atoms with Crippen LogP contribution in [-0.2, 0) is 0 Å². The highest BCUT2D eigenvalue weighted by molar-refractivity contribution is 6.41. The summed E-state index contributed by atoms with van der Waals surface area (Å²) in [6.07, 6.45) is 1.63. The lowest BCUT2D eigenvalue weighted by Crippen LogP contribution is -1.86. The first-order valence-corrected chi connectivity index (χ1v) is 6.75. The fraction of sp³-hybridized carbons (Fsp3) is 0. The molecule has 0 saturated carbocycles. The molecule has 0 aliphatic carbocycles. The highest BCUT2D eigenvalue weighted by Crippen LogP contribution is 2.36. The Bertz CT molecular complexity index is 899. The molecule has 0 heterocycles. The Kier molecular flexibility index (Phi) is 3.32. The van der Waals surface area contributed by atoms with E-state index < -0.39 is 0 Å². The van der Waals surface area contributed by atoms with Crippen molar-refractivity contribution in [1.82, 2.24) is 0 Å². The molecule has 0 atom stereocenters. The Hall–Kier alpha value is -2.81. The molecule has 3 rings (SSSR count). The molecule has 0 amide bonds. The van der Waals surface area contributed by atoms with Gasteiger partial charge in [0.15, 0.2) is 0 Å². The Morgan fingerprint density at radius 3 is 1.67 bits per heavy atom. The SMILES string of the molecule is N#CC(C#N)=Cc1c2ccccc2c(Cl)c2ccccc12. The van der Waals surface area contributed by atoms with Crippen LogP contribution in [0.25, 0.3) is 27.6 Å².